The van der Waals surface area contributed by atoms with Gasteiger partial charge in [-0.1, -0.05) is 16.8 Å². The molecule has 0 bridgehead atoms. The minimum atomic E-state index is -0.429. The molecule has 0 heterocycles. The number of nitrogens with two attached hydrogens (primary N) is 1. The van der Waals surface area contributed by atoms with Crippen molar-refractivity contribution in [3.8, 4) is 11.5 Å². The van der Waals surface area contributed by atoms with Crippen LogP contribution >= 0.6 is 27.5 Å². The third kappa shape index (κ3) is 3.20. The fourth-order valence-corrected chi connectivity index (χ4v) is 2.01. The highest BCUT2D eigenvalue weighted by Crippen LogP contribution is 2.28. The zero-order valence-corrected chi connectivity index (χ0v) is 12.3. The SMILES string of the molecule is NC(=NO)c1ccc(Oc2ccc(Br)c(F)c2)cc1Cl. The van der Waals surface area contributed by atoms with Crippen molar-refractivity contribution in [2.45, 2.75) is 0 Å². The quantitative estimate of drug-likeness (QED) is 0.375. The maximum Gasteiger partial charge on any atom is 0.171 e. The largest absolute Gasteiger partial charge is 0.457 e. The van der Waals surface area contributed by atoms with E-state index in [1.165, 1.54) is 18.2 Å². The zero-order chi connectivity index (χ0) is 14.7. The summed E-state index contributed by atoms with van der Waals surface area (Å²) in [6, 6.07) is 9.01. The molecule has 0 saturated heterocycles. The molecule has 0 saturated carbocycles. The molecule has 20 heavy (non-hydrogen) atoms. The van der Waals surface area contributed by atoms with E-state index in [4.69, 9.17) is 27.3 Å². The van der Waals surface area contributed by atoms with Crippen molar-refractivity contribution in [2.24, 2.45) is 10.9 Å². The highest BCUT2D eigenvalue weighted by Gasteiger charge is 2.08. The molecule has 0 aliphatic carbocycles. The highest BCUT2D eigenvalue weighted by atomic mass is 79.9. The average molecular weight is 360 g/mol. The summed E-state index contributed by atoms with van der Waals surface area (Å²) in [5, 5.41) is 11.7. The van der Waals surface area contributed by atoms with Gasteiger partial charge in [0.05, 0.1) is 9.50 Å². The molecule has 0 atom stereocenters. The molecule has 0 spiro atoms. The molecule has 0 aromatic heterocycles. The van der Waals surface area contributed by atoms with Crippen molar-refractivity contribution in [1.82, 2.24) is 0 Å². The second kappa shape index (κ2) is 6.11. The molecule has 0 unspecified atom stereocenters. The molecule has 2 aromatic carbocycles. The Bertz CT molecular complexity index is 679. The standard InChI is InChI=1S/C13H9BrClFN2O2/c14-10-4-2-8(6-12(10)16)20-7-1-3-9(11(15)5-7)13(17)18-19/h1-6,19H,(H2,17,18). The fourth-order valence-electron chi connectivity index (χ4n) is 1.50. The third-order valence-corrected chi connectivity index (χ3v) is 3.41. The summed E-state index contributed by atoms with van der Waals surface area (Å²) in [4.78, 5) is 0. The van der Waals surface area contributed by atoms with Crippen LogP contribution in [0.5, 0.6) is 11.5 Å². The fraction of sp³-hybridized carbons (Fsp3) is 0. The van der Waals surface area contributed by atoms with E-state index in [9.17, 15) is 4.39 Å². The van der Waals surface area contributed by atoms with E-state index in [-0.39, 0.29) is 10.9 Å². The number of nitrogens with zero attached hydrogens (tertiary/aromatic N) is 1. The molecule has 0 amide bonds. The number of halogens is 3. The molecule has 104 valence electrons. The molecule has 0 aliphatic heterocycles. The molecule has 4 nitrogen and oxygen atoms in total. The van der Waals surface area contributed by atoms with Crippen LogP contribution in [0, 0.1) is 5.82 Å². The van der Waals surface area contributed by atoms with Gasteiger partial charge in [0.2, 0.25) is 0 Å². The van der Waals surface area contributed by atoms with E-state index >= 15 is 0 Å². The monoisotopic (exact) mass is 358 g/mol. The van der Waals surface area contributed by atoms with Crippen LogP contribution in [-0.2, 0) is 0 Å². The molecule has 2 rings (SSSR count). The summed E-state index contributed by atoms with van der Waals surface area (Å²) in [6.45, 7) is 0. The Morgan fingerprint density at radius 3 is 2.50 bits per heavy atom. The molecule has 7 heteroatoms. The van der Waals surface area contributed by atoms with Crippen LogP contribution in [0.15, 0.2) is 46.0 Å². The minimum absolute atomic E-state index is 0.101. The molecular weight excluding hydrogens is 351 g/mol. The Morgan fingerprint density at radius 2 is 1.90 bits per heavy atom. The van der Waals surface area contributed by atoms with Gasteiger partial charge in [0.25, 0.3) is 0 Å². The Labute approximate surface area is 127 Å². The Morgan fingerprint density at radius 1 is 1.25 bits per heavy atom. The predicted octanol–water partition coefficient (Wildman–Crippen LogP) is 4.13. The highest BCUT2D eigenvalue weighted by molar-refractivity contribution is 9.10. The zero-order valence-electron chi connectivity index (χ0n) is 9.98. The number of oxime groups is 1. The molecule has 3 N–H and O–H groups in total. The Kier molecular flexibility index (Phi) is 4.46. The second-order valence-electron chi connectivity index (χ2n) is 3.80. The number of hydrogen-bond donors (Lipinski definition) is 2. The summed E-state index contributed by atoms with van der Waals surface area (Å²) in [5.41, 5.74) is 5.83. The van der Waals surface area contributed by atoms with Gasteiger partial charge in [-0.25, -0.2) is 4.39 Å². The molecular formula is C13H9BrClFN2O2. The number of benzene rings is 2. The molecule has 0 radical (unpaired) electrons. The summed E-state index contributed by atoms with van der Waals surface area (Å²) in [7, 11) is 0. The average Bonchev–Trinajstić information content (AvgIpc) is 2.42. The summed E-state index contributed by atoms with van der Waals surface area (Å²) in [6.07, 6.45) is 0. The van der Waals surface area contributed by atoms with Gasteiger partial charge >= 0.3 is 0 Å². The van der Waals surface area contributed by atoms with Crippen molar-refractivity contribution < 1.29 is 14.3 Å². The maximum atomic E-state index is 13.4. The molecule has 0 aliphatic rings. The lowest BCUT2D eigenvalue weighted by molar-refractivity contribution is 0.318. The van der Waals surface area contributed by atoms with Crippen LogP contribution in [-0.4, -0.2) is 11.0 Å². The van der Waals surface area contributed by atoms with E-state index in [1.54, 1.807) is 18.2 Å². The van der Waals surface area contributed by atoms with Crippen molar-refractivity contribution in [3.63, 3.8) is 0 Å². The number of ether oxygens (including phenoxy) is 1. The number of hydrogen-bond acceptors (Lipinski definition) is 3. The topological polar surface area (TPSA) is 67.8 Å². The summed E-state index contributed by atoms with van der Waals surface area (Å²) < 4.78 is 19.2. The first-order chi connectivity index (χ1) is 9.51. The number of amidine groups is 1. The normalized spacial score (nSPS) is 11.4. The van der Waals surface area contributed by atoms with Crippen LogP contribution in [0.1, 0.15) is 5.56 Å². The maximum absolute atomic E-state index is 13.4. The van der Waals surface area contributed by atoms with E-state index in [1.807, 2.05) is 0 Å². The van der Waals surface area contributed by atoms with Crippen molar-refractivity contribution >= 4 is 33.4 Å². The first-order valence-electron chi connectivity index (χ1n) is 5.41. The van der Waals surface area contributed by atoms with E-state index in [2.05, 4.69) is 21.1 Å². The van der Waals surface area contributed by atoms with Crippen LogP contribution in [0.25, 0.3) is 0 Å². The Balaban J connectivity index is 2.26. The minimum Gasteiger partial charge on any atom is -0.457 e. The molecule has 2 aromatic rings. The van der Waals surface area contributed by atoms with Crippen molar-refractivity contribution in [3.05, 3.63) is 57.3 Å². The third-order valence-electron chi connectivity index (χ3n) is 2.45. The van der Waals surface area contributed by atoms with Gasteiger partial charge in [-0.2, -0.15) is 0 Å². The van der Waals surface area contributed by atoms with Gasteiger partial charge in [0, 0.05) is 17.7 Å². The first kappa shape index (κ1) is 14.6. The number of rotatable bonds is 3. The summed E-state index contributed by atoms with van der Waals surface area (Å²) in [5.74, 6) is 0.211. The van der Waals surface area contributed by atoms with Gasteiger partial charge in [-0.05, 0) is 40.2 Å². The van der Waals surface area contributed by atoms with Gasteiger partial charge in [0.15, 0.2) is 5.84 Å². The molecule has 0 fully saturated rings. The lowest BCUT2D eigenvalue weighted by Gasteiger charge is -2.08. The smallest absolute Gasteiger partial charge is 0.171 e. The Hall–Kier alpha value is -1.79. The van der Waals surface area contributed by atoms with Crippen LogP contribution in [0.2, 0.25) is 5.02 Å². The summed E-state index contributed by atoms with van der Waals surface area (Å²) >= 11 is 9.05. The van der Waals surface area contributed by atoms with Gasteiger partial charge in [-0.3, -0.25) is 0 Å². The van der Waals surface area contributed by atoms with E-state index in [0.29, 0.717) is 21.5 Å². The van der Waals surface area contributed by atoms with Gasteiger partial charge < -0.3 is 15.7 Å². The lowest BCUT2D eigenvalue weighted by Crippen LogP contribution is -2.13. The van der Waals surface area contributed by atoms with Crippen LogP contribution in [0.3, 0.4) is 0 Å². The lowest BCUT2D eigenvalue weighted by atomic mass is 10.2. The van der Waals surface area contributed by atoms with E-state index in [0.717, 1.165) is 0 Å². The first-order valence-corrected chi connectivity index (χ1v) is 6.58. The second-order valence-corrected chi connectivity index (χ2v) is 5.07. The predicted molar refractivity (Wildman–Crippen MR) is 78.1 cm³/mol. The van der Waals surface area contributed by atoms with Crippen molar-refractivity contribution in [1.29, 1.82) is 0 Å². The van der Waals surface area contributed by atoms with Gasteiger partial charge in [-0.15, -0.1) is 0 Å². The van der Waals surface area contributed by atoms with Crippen LogP contribution < -0.4 is 10.5 Å². The van der Waals surface area contributed by atoms with Crippen LogP contribution in [0.4, 0.5) is 4.39 Å². The van der Waals surface area contributed by atoms with Gasteiger partial charge in [0.1, 0.15) is 17.3 Å². The van der Waals surface area contributed by atoms with Crippen molar-refractivity contribution in [2.75, 3.05) is 0 Å². The van der Waals surface area contributed by atoms with E-state index < -0.39 is 5.82 Å².